The number of hydrogen-bond donors (Lipinski definition) is 0. The smallest absolute Gasteiger partial charge is 0.236 e. The first-order chi connectivity index (χ1) is 9.20. The van der Waals surface area contributed by atoms with E-state index in [9.17, 15) is 0 Å². The SMILES string of the molecule is CCCc1noc(CS[C@H](C)c2ccccc2Cl)n1. The van der Waals surface area contributed by atoms with Crippen LogP contribution in [0.15, 0.2) is 28.8 Å². The number of halogens is 1. The maximum atomic E-state index is 6.18. The van der Waals surface area contributed by atoms with E-state index in [4.69, 9.17) is 16.1 Å². The summed E-state index contributed by atoms with van der Waals surface area (Å²) in [7, 11) is 0. The van der Waals surface area contributed by atoms with Crippen molar-refractivity contribution in [1.29, 1.82) is 0 Å². The van der Waals surface area contributed by atoms with Gasteiger partial charge in [-0.05, 0) is 25.0 Å². The fraction of sp³-hybridized carbons (Fsp3) is 0.429. The lowest BCUT2D eigenvalue weighted by Crippen LogP contribution is -1.92. The van der Waals surface area contributed by atoms with Crippen LogP contribution in [0.1, 0.15) is 42.8 Å². The number of nitrogens with zero attached hydrogens (tertiary/aromatic N) is 2. The van der Waals surface area contributed by atoms with Gasteiger partial charge in [-0.3, -0.25) is 0 Å². The molecular formula is C14H17ClN2OS. The molecule has 3 nitrogen and oxygen atoms in total. The Bertz CT molecular complexity index is 530. The van der Waals surface area contributed by atoms with Crippen LogP contribution in [0.2, 0.25) is 5.02 Å². The topological polar surface area (TPSA) is 38.9 Å². The van der Waals surface area contributed by atoms with Gasteiger partial charge in [0, 0.05) is 16.7 Å². The van der Waals surface area contributed by atoms with Gasteiger partial charge in [-0.25, -0.2) is 0 Å². The van der Waals surface area contributed by atoms with Crippen molar-refractivity contribution >= 4 is 23.4 Å². The van der Waals surface area contributed by atoms with Crippen LogP contribution in [-0.4, -0.2) is 10.1 Å². The van der Waals surface area contributed by atoms with E-state index in [1.165, 1.54) is 0 Å². The molecule has 102 valence electrons. The van der Waals surface area contributed by atoms with Crippen LogP contribution in [-0.2, 0) is 12.2 Å². The van der Waals surface area contributed by atoms with Gasteiger partial charge in [-0.1, -0.05) is 41.9 Å². The summed E-state index contributed by atoms with van der Waals surface area (Å²) in [6, 6.07) is 7.92. The molecular weight excluding hydrogens is 280 g/mol. The van der Waals surface area contributed by atoms with Crippen LogP contribution in [0, 0.1) is 0 Å². The Morgan fingerprint density at radius 3 is 2.89 bits per heavy atom. The Balaban J connectivity index is 1.92. The van der Waals surface area contributed by atoms with Crippen molar-refractivity contribution in [2.45, 2.75) is 37.7 Å². The molecule has 0 N–H and O–H groups in total. The van der Waals surface area contributed by atoms with Gasteiger partial charge >= 0.3 is 0 Å². The predicted molar refractivity (Wildman–Crippen MR) is 79.5 cm³/mol. The molecule has 1 aromatic carbocycles. The van der Waals surface area contributed by atoms with Crippen molar-refractivity contribution in [3.05, 3.63) is 46.6 Å². The molecule has 0 saturated carbocycles. The first-order valence-electron chi connectivity index (χ1n) is 6.38. The molecule has 0 aliphatic heterocycles. The lowest BCUT2D eigenvalue weighted by atomic mass is 10.2. The number of aromatic nitrogens is 2. The van der Waals surface area contributed by atoms with Gasteiger partial charge in [0.15, 0.2) is 5.82 Å². The molecule has 19 heavy (non-hydrogen) atoms. The average molecular weight is 297 g/mol. The summed E-state index contributed by atoms with van der Waals surface area (Å²) < 4.78 is 5.22. The molecule has 1 atom stereocenters. The normalized spacial score (nSPS) is 12.6. The molecule has 0 fully saturated rings. The van der Waals surface area contributed by atoms with Crippen LogP contribution < -0.4 is 0 Å². The van der Waals surface area contributed by atoms with Crippen molar-refractivity contribution in [2.75, 3.05) is 0 Å². The minimum atomic E-state index is 0.301. The van der Waals surface area contributed by atoms with E-state index in [-0.39, 0.29) is 0 Å². The number of benzene rings is 1. The standard InChI is InChI=1S/C14H17ClN2OS/c1-3-6-13-16-14(18-17-13)9-19-10(2)11-7-4-5-8-12(11)15/h4-5,7-8,10H,3,6,9H2,1-2H3/t10-/m1/s1. The van der Waals surface area contributed by atoms with E-state index in [1.54, 1.807) is 11.8 Å². The molecule has 2 rings (SSSR count). The van der Waals surface area contributed by atoms with Crippen LogP contribution in [0.25, 0.3) is 0 Å². The largest absolute Gasteiger partial charge is 0.338 e. The first kappa shape index (κ1) is 14.4. The van der Waals surface area contributed by atoms with Gasteiger partial charge < -0.3 is 4.52 Å². The summed E-state index contributed by atoms with van der Waals surface area (Å²) in [5.74, 6) is 2.19. The number of thioether (sulfide) groups is 1. The maximum Gasteiger partial charge on any atom is 0.236 e. The lowest BCUT2D eigenvalue weighted by Gasteiger charge is -2.11. The minimum absolute atomic E-state index is 0.301. The minimum Gasteiger partial charge on any atom is -0.338 e. The molecule has 2 aromatic rings. The van der Waals surface area contributed by atoms with Crippen LogP contribution in [0.4, 0.5) is 0 Å². The van der Waals surface area contributed by atoms with E-state index in [2.05, 4.69) is 30.1 Å². The number of aryl methyl sites for hydroxylation is 1. The summed E-state index contributed by atoms with van der Waals surface area (Å²) in [5, 5.41) is 5.06. The first-order valence-corrected chi connectivity index (χ1v) is 7.81. The fourth-order valence-corrected chi connectivity index (χ4v) is 3.02. The number of rotatable bonds is 6. The summed E-state index contributed by atoms with van der Waals surface area (Å²) in [4.78, 5) is 4.36. The van der Waals surface area contributed by atoms with Crippen LogP contribution in [0.3, 0.4) is 0 Å². The zero-order valence-corrected chi connectivity index (χ0v) is 12.7. The average Bonchev–Trinajstić information content (AvgIpc) is 2.85. The highest BCUT2D eigenvalue weighted by Gasteiger charge is 2.12. The van der Waals surface area contributed by atoms with E-state index in [0.717, 1.165) is 29.3 Å². The second-order valence-electron chi connectivity index (χ2n) is 4.33. The quantitative estimate of drug-likeness (QED) is 0.776. The van der Waals surface area contributed by atoms with Gasteiger partial charge in [-0.15, -0.1) is 11.8 Å². The van der Waals surface area contributed by atoms with Crippen LogP contribution in [0.5, 0.6) is 0 Å². The van der Waals surface area contributed by atoms with E-state index in [0.29, 0.717) is 16.9 Å². The molecule has 0 spiro atoms. The molecule has 0 amide bonds. The second kappa shape index (κ2) is 6.96. The van der Waals surface area contributed by atoms with Crippen LogP contribution >= 0.6 is 23.4 Å². The summed E-state index contributed by atoms with van der Waals surface area (Å²) in [6.45, 7) is 4.24. The van der Waals surface area contributed by atoms with Crippen molar-refractivity contribution in [3.63, 3.8) is 0 Å². The van der Waals surface area contributed by atoms with Gasteiger partial charge in [-0.2, -0.15) is 4.98 Å². The Morgan fingerprint density at radius 1 is 1.37 bits per heavy atom. The zero-order chi connectivity index (χ0) is 13.7. The molecule has 1 heterocycles. The third kappa shape index (κ3) is 3.98. The van der Waals surface area contributed by atoms with Gasteiger partial charge in [0.05, 0.1) is 5.75 Å². The van der Waals surface area contributed by atoms with Crippen molar-refractivity contribution in [2.24, 2.45) is 0 Å². The third-order valence-electron chi connectivity index (χ3n) is 2.78. The molecule has 5 heteroatoms. The molecule has 0 unspecified atom stereocenters. The summed E-state index contributed by atoms with van der Waals surface area (Å²) in [5.41, 5.74) is 1.14. The van der Waals surface area contributed by atoms with Gasteiger partial charge in [0.25, 0.3) is 0 Å². The monoisotopic (exact) mass is 296 g/mol. The Morgan fingerprint density at radius 2 is 2.16 bits per heavy atom. The highest BCUT2D eigenvalue weighted by molar-refractivity contribution is 7.98. The lowest BCUT2D eigenvalue weighted by molar-refractivity contribution is 0.384. The van der Waals surface area contributed by atoms with Crippen molar-refractivity contribution in [3.8, 4) is 0 Å². The molecule has 1 aromatic heterocycles. The second-order valence-corrected chi connectivity index (χ2v) is 6.07. The van der Waals surface area contributed by atoms with Crippen molar-refractivity contribution < 1.29 is 4.52 Å². The predicted octanol–water partition coefficient (Wildman–Crippen LogP) is 4.67. The van der Waals surface area contributed by atoms with Crippen molar-refractivity contribution in [1.82, 2.24) is 10.1 Å². The molecule has 0 aliphatic rings. The highest BCUT2D eigenvalue weighted by atomic mass is 35.5. The Hall–Kier alpha value is -1.00. The molecule has 0 bridgehead atoms. The van der Waals surface area contributed by atoms with Gasteiger partial charge in [0.2, 0.25) is 5.89 Å². The Labute approximate surface area is 122 Å². The molecule has 0 aliphatic carbocycles. The van der Waals surface area contributed by atoms with E-state index < -0.39 is 0 Å². The Kier molecular flexibility index (Phi) is 5.28. The van der Waals surface area contributed by atoms with E-state index >= 15 is 0 Å². The number of hydrogen-bond acceptors (Lipinski definition) is 4. The third-order valence-corrected chi connectivity index (χ3v) is 4.30. The maximum absolute atomic E-state index is 6.18. The van der Waals surface area contributed by atoms with E-state index in [1.807, 2.05) is 18.2 Å². The highest BCUT2D eigenvalue weighted by Crippen LogP contribution is 2.34. The van der Waals surface area contributed by atoms with Gasteiger partial charge in [0.1, 0.15) is 0 Å². The summed E-state index contributed by atoms with van der Waals surface area (Å²) in [6.07, 6.45) is 1.90. The molecule has 0 saturated heterocycles. The zero-order valence-electron chi connectivity index (χ0n) is 11.1. The summed E-state index contributed by atoms with van der Waals surface area (Å²) >= 11 is 7.93. The molecule has 0 radical (unpaired) electrons. The fourth-order valence-electron chi connectivity index (χ4n) is 1.76.